The molecular weight excluding hydrogens is 481 g/mol. The maximum atomic E-state index is 12.4. The van der Waals surface area contributed by atoms with Crippen LogP contribution in [0.5, 0.6) is 0 Å². The maximum absolute atomic E-state index is 12.4. The van der Waals surface area contributed by atoms with Crippen LogP contribution in [-0.4, -0.2) is 28.1 Å². The van der Waals surface area contributed by atoms with Gasteiger partial charge in [0.15, 0.2) is 0 Å². The highest BCUT2D eigenvalue weighted by molar-refractivity contribution is 9.10. The fourth-order valence-corrected chi connectivity index (χ4v) is 4.01. The molecule has 1 N–H and O–H groups in total. The van der Waals surface area contributed by atoms with E-state index in [9.17, 15) is 4.79 Å². The van der Waals surface area contributed by atoms with Gasteiger partial charge in [0.05, 0.1) is 21.5 Å². The third-order valence-corrected chi connectivity index (χ3v) is 6.46. The summed E-state index contributed by atoms with van der Waals surface area (Å²) in [5.74, 6) is 0.0698. The molecule has 0 radical (unpaired) electrons. The summed E-state index contributed by atoms with van der Waals surface area (Å²) in [5, 5.41) is 4.45. The Kier molecular flexibility index (Phi) is 6.86. The molecule has 1 unspecified atom stereocenters. The predicted octanol–water partition coefficient (Wildman–Crippen LogP) is 6.46. The lowest BCUT2D eigenvalue weighted by molar-refractivity contribution is -0.113. The van der Waals surface area contributed by atoms with Gasteiger partial charge in [-0.05, 0) is 43.7 Å². The van der Waals surface area contributed by atoms with Crippen LogP contribution in [0.25, 0.3) is 0 Å². The molecule has 0 fully saturated rings. The van der Waals surface area contributed by atoms with Crippen LogP contribution in [0.15, 0.2) is 56.9 Å². The van der Waals surface area contributed by atoms with E-state index in [1.54, 1.807) is 18.2 Å². The summed E-state index contributed by atoms with van der Waals surface area (Å²) >= 11 is 16.7. The van der Waals surface area contributed by atoms with Gasteiger partial charge in [0.1, 0.15) is 10.7 Å². The van der Waals surface area contributed by atoms with Crippen molar-refractivity contribution in [2.24, 2.45) is 9.98 Å². The molecule has 8 heteroatoms. The smallest absolute Gasteiger partial charge is 0.234 e. The molecule has 3 rings (SSSR count). The Morgan fingerprint density at radius 3 is 2.50 bits per heavy atom. The Hall–Kier alpha value is -1.34. The third kappa shape index (κ3) is 5.17. The molecule has 1 heterocycles. The summed E-state index contributed by atoms with van der Waals surface area (Å²) in [4.78, 5) is 22.0. The molecule has 0 aromatic heterocycles. The Morgan fingerprint density at radius 1 is 1.14 bits per heavy atom. The van der Waals surface area contributed by atoms with E-state index >= 15 is 0 Å². The second-order valence-electron chi connectivity index (χ2n) is 6.42. The highest BCUT2D eigenvalue weighted by atomic mass is 79.9. The van der Waals surface area contributed by atoms with Crippen molar-refractivity contribution in [1.82, 2.24) is 0 Å². The van der Waals surface area contributed by atoms with Crippen molar-refractivity contribution in [3.63, 3.8) is 0 Å². The first-order valence-corrected chi connectivity index (χ1v) is 11.2. The molecule has 28 heavy (non-hydrogen) atoms. The number of halogens is 3. The predicted molar refractivity (Wildman–Crippen MR) is 124 cm³/mol. The number of thioether (sulfide) groups is 1. The van der Waals surface area contributed by atoms with E-state index in [1.807, 2.05) is 31.2 Å². The Labute approximate surface area is 187 Å². The Balaban J connectivity index is 1.71. The summed E-state index contributed by atoms with van der Waals surface area (Å²) in [7, 11) is 0. The summed E-state index contributed by atoms with van der Waals surface area (Å²) < 4.78 is 1.00. The van der Waals surface area contributed by atoms with Crippen LogP contribution in [0.4, 0.5) is 5.69 Å². The van der Waals surface area contributed by atoms with Gasteiger partial charge in [-0.2, -0.15) is 0 Å². The van der Waals surface area contributed by atoms with Crippen molar-refractivity contribution >= 4 is 73.2 Å². The van der Waals surface area contributed by atoms with E-state index in [4.69, 9.17) is 33.2 Å². The first-order valence-electron chi connectivity index (χ1n) is 8.63. The van der Waals surface area contributed by atoms with Gasteiger partial charge in [0.25, 0.3) is 0 Å². The van der Waals surface area contributed by atoms with Gasteiger partial charge in [-0.25, -0.2) is 4.99 Å². The zero-order chi connectivity index (χ0) is 20.3. The van der Waals surface area contributed by atoms with Crippen LogP contribution in [0.3, 0.4) is 0 Å². The van der Waals surface area contributed by atoms with Crippen LogP contribution in [0.2, 0.25) is 10.0 Å². The molecule has 2 aromatic rings. The van der Waals surface area contributed by atoms with Gasteiger partial charge in [-0.3, -0.25) is 9.79 Å². The fraction of sp³-hybridized carbons (Fsp3) is 0.250. The SMILES string of the molecule is CCC1(C)N=C(SCC(=O)Nc2ccc(Cl)c(Cl)c2)C(c2ccc(Br)cc2)=N1. The van der Waals surface area contributed by atoms with Gasteiger partial charge < -0.3 is 5.32 Å². The molecule has 0 spiro atoms. The van der Waals surface area contributed by atoms with E-state index in [-0.39, 0.29) is 11.7 Å². The number of anilines is 1. The number of aliphatic imine (C=N–C) groups is 2. The molecule has 0 bridgehead atoms. The van der Waals surface area contributed by atoms with E-state index in [0.717, 1.165) is 27.2 Å². The monoisotopic (exact) mass is 497 g/mol. The summed E-state index contributed by atoms with van der Waals surface area (Å²) in [6.07, 6.45) is 0.784. The second-order valence-corrected chi connectivity index (χ2v) is 9.11. The minimum atomic E-state index is -0.495. The van der Waals surface area contributed by atoms with Crippen molar-refractivity contribution in [1.29, 1.82) is 0 Å². The molecule has 1 atom stereocenters. The Morgan fingerprint density at radius 2 is 1.86 bits per heavy atom. The van der Waals surface area contributed by atoms with Gasteiger partial charge in [0.2, 0.25) is 5.91 Å². The van der Waals surface area contributed by atoms with Crippen LogP contribution in [0.1, 0.15) is 25.8 Å². The normalized spacial score (nSPS) is 18.6. The number of hydrogen-bond donors (Lipinski definition) is 1. The molecule has 146 valence electrons. The van der Waals surface area contributed by atoms with Crippen molar-refractivity contribution in [3.8, 4) is 0 Å². The van der Waals surface area contributed by atoms with Crippen LogP contribution >= 0.6 is 50.9 Å². The molecule has 0 saturated heterocycles. The van der Waals surface area contributed by atoms with E-state index in [0.29, 0.717) is 15.7 Å². The lowest BCUT2D eigenvalue weighted by Crippen LogP contribution is -2.17. The molecule has 1 aliphatic rings. The van der Waals surface area contributed by atoms with E-state index in [1.165, 1.54) is 11.8 Å². The largest absolute Gasteiger partial charge is 0.325 e. The van der Waals surface area contributed by atoms with Crippen molar-refractivity contribution in [3.05, 3.63) is 62.5 Å². The number of carbonyl (C=O) groups is 1. The summed E-state index contributed by atoms with van der Waals surface area (Å²) in [6, 6.07) is 12.9. The zero-order valence-corrected chi connectivity index (χ0v) is 19.2. The van der Waals surface area contributed by atoms with Crippen LogP contribution in [0, 0.1) is 0 Å². The van der Waals surface area contributed by atoms with E-state index < -0.39 is 5.66 Å². The molecular formula is C20H18BrCl2N3OS. The molecule has 2 aromatic carbocycles. The van der Waals surface area contributed by atoms with Gasteiger partial charge in [-0.15, -0.1) is 0 Å². The van der Waals surface area contributed by atoms with E-state index in [2.05, 4.69) is 28.2 Å². The molecule has 1 amide bonds. The lowest BCUT2D eigenvalue weighted by Gasteiger charge is -2.13. The number of carbonyl (C=O) groups excluding carboxylic acids is 1. The second kappa shape index (κ2) is 8.99. The standard InChI is InChI=1S/C20H18BrCl2N3OS/c1-3-20(2)25-18(12-4-6-13(21)7-5-12)19(26-20)28-11-17(27)24-14-8-9-15(22)16(23)10-14/h4-10H,3,11H2,1-2H3,(H,24,27). The zero-order valence-electron chi connectivity index (χ0n) is 15.3. The van der Waals surface area contributed by atoms with Crippen molar-refractivity contribution < 1.29 is 4.79 Å². The Bertz CT molecular complexity index is 962. The van der Waals surface area contributed by atoms with Gasteiger partial charge in [0, 0.05) is 15.7 Å². The fourth-order valence-electron chi connectivity index (χ4n) is 2.54. The number of benzene rings is 2. The van der Waals surface area contributed by atoms with Crippen LogP contribution < -0.4 is 5.32 Å². The average Bonchev–Trinajstić information content (AvgIpc) is 3.01. The van der Waals surface area contributed by atoms with Crippen molar-refractivity contribution in [2.45, 2.75) is 25.9 Å². The summed E-state index contributed by atoms with van der Waals surface area (Å²) in [6.45, 7) is 4.05. The highest BCUT2D eigenvalue weighted by Gasteiger charge is 2.31. The third-order valence-electron chi connectivity index (χ3n) is 4.23. The maximum Gasteiger partial charge on any atom is 0.234 e. The number of nitrogens with zero attached hydrogens (tertiary/aromatic N) is 2. The lowest BCUT2D eigenvalue weighted by atomic mass is 10.1. The van der Waals surface area contributed by atoms with Gasteiger partial charge >= 0.3 is 0 Å². The first kappa shape index (κ1) is 21.4. The average molecular weight is 499 g/mol. The topological polar surface area (TPSA) is 53.8 Å². The van der Waals surface area contributed by atoms with Gasteiger partial charge in [-0.1, -0.05) is 70.0 Å². The number of hydrogen-bond acceptors (Lipinski definition) is 4. The molecule has 0 saturated carbocycles. The first-order chi connectivity index (χ1) is 13.3. The number of rotatable bonds is 5. The number of amides is 1. The molecule has 1 aliphatic heterocycles. The van der Waals surface area contributed by atoms with Crippen molar-refractivity contribution in [2.75, 3.05) is 11.1 Å². The summed E-state index contributed by atoms with van der Waals surface area (Å²) in [5.41, 5.74) is 1.92. The highest BCUT2D eigenvalue weighted by Crippen LogP contribution is 2.30. The minimum Gasteiger partial charge on any atom is -0.325 e. The van der Waals surface area contributed by atoms with Crippen LogP contribution in [-0.2, 0) is 4.79 Å². The number of nitrogens with one attached hydrogen (secondary N) is 1. The molecule has 4 nitrogen and oxygen atoms in total. The minimum absolute atomic E-state index is 0.147. The quantitative estimate of drug-likeness (QED) is 0.514. The molecule has 0 aliphatic carbocycles.